The van der Waals surface area contributed by atoms with E-state index in [9.17, 15) is 0 Å². The van der Waals surface area contributed by atoms with Gasteiger partial charge in [0, 0.05) is 25.0 Å². The number of furan rings is 1. The van der Waals surface area contributed by atoms with E-state index >= 15 is 0 Å². The van der Waals surface area contributed by atoms with Gasteiger partial charge in [-0.1, -0.05) is 12.1 Å². The highest BCUT2D eigenvalue weighted by atomic mass is 16.3. The van der Waals surface area contributed by atoms with Gasteiger partial charge >= 0.3 is 0 Å². The van der Waals surface area contributed by atoms with E-state index in [0.717, 1.165) is 5.56 Å². The van der Waals surface area contributed by atoms with E-state index in [4.69, 9.17) is 4.42 Å². The first-order chi connectivity index (χ1) is 9.13. The minimum atomic E-state index is 1.11. The first kappa shape index (κ1) is 13.3. The lowest BCUT2D eigenvalue weighted by Gasteiger charge is -2.06. The molecule has 1 aromatic carbocycles. The van der Waals surface area contributed by atoms with Gasteiger partial charge in [0.05, 0.1) is 12.5 Å². The number of hydrogen-bond donors (Lipinski definition) is 0. The molecule has 0 N–H and O–H groups in total. The molecule has 0 spiro atoms. The summed E-state index contributed by atoms with van der Waals surface area (Å²) in [6.07, 6.45) is 5.62. The van der Waals surface area contributed by atoms with Crippen molar-refractivity contribution in [3.63, 3.8) is 0 Å². The van der Waals surface area contributed by atoms with Crippen LogP contribution in [0.3, 0.4) is 0 Å². The Hall–Kier alpha value is -2.09. The molecule has 2 rings (SSSR count). The van der Waals surface area contributed by atoms with Crippen LogP contribution in [0.25, 0.3) is 16.8 Å². The molecule has 0 atom stereocenters. The van der Waals surface area contributed by atoms with Crippen LogP contribution in [-0.4, -0.2) is 17.3 Å². The summed E-state index contributed by atoms with van der Waals surface area (Å²) in [6, 6.07) is 10.5. The largest absolute Gasteiger partial charge is 0.472 e. The van der Waals surface area contributed by atoms with Crippen LogP contribution in [0.2, 0.25) is 0 Å². The molecule has 2 nitrogen and oxygen atoms in total. The van der Waals surface area contributed by atoms with E-state index in [2.05, 4.69) is 62.7 Å². The first-order valence-electron chi connectivity index (χ1n) is 6.46. The van der Waals surface area contributed by atoms with Crippen molar-refractivity contribution in [2.45, 2.75) is 20.8 Å². The molecule has 19 heavy (non-hydrogen) atoms. The maximum Gasteiger partial charge on any atom is 0.207 e. The molecule has 2 heteroatoms. The van der Waals surface area contributed by atoms with Crippen molar-refractivity contribution < 1.29 is 8.99 Å². The highest BCUT2D eigenvalue weighted by Crippen LogP contribution is 2.24. The van der Waals surface area contributed by atoms with Gasteiger partial charge in [0.25, 0.3) is 0 Å². The van der Waals surface area contributed by atoms with Crippen LogP contribution in [-0.2, 0) is 0 Å². The van der Waals surface area contributed by atoms with Crippen molar-refractivity contribution in [1.29, 1.82) is 0 Å². The topological polar surface area (TPSA) is 16.1 Å². The average molecular weight is 254 g/mol. The van der Waals surface area contributed by atoms with Crippen molar-refractivity contribution >= 4 is 11.4 Å². The maximum absolute atomic E-state index is 5.15. The standard InChI is InChI=1S/C17H20NO/c1-5-17(18(4)13(2)3)15-8-6-7-14(11-15)16-9-10-19-12-16/h5-12H,1-4H3/q+1. The Kier molecular flexibility index (Phi) is 4.00. The molecular weight excluding hydrogens is 234 g/mol. The summed E-state index contributed by atoms with van der Waals surface area (Å²) in [5.41, 5.74) is 5.97. The molecule has 0 saturated carbocycles. The smallest absolute Gasteiger partial charge is 0.207 e. The van der Waals surface area contributed by atoms with Gasteiger partial charge < -0.3 is 4.42 Å². The van der Waals surface area contributed by atoms with E-state index < -0.39 is 0 Å². The van der Waals surface area contributed by atoms with E-state index in [0.29, 0.717) is 0 Å². The first-order valence-corrected chi connectivity index (χ1v) is 6.46. The third-order valence-electron chi connectivity index (χ3n) is 3.32. The van der Waals surface area contributed by atoms with Gasteiger partial charge in [-0.3, -0.25) is 0 Å². The minimum Gasteiger partial charge on any atom is -0.472 e. The van der Waals surface area contributed by atoms with Gasteiger partial charge in [-0.05, 0) is 36.8 Å². The second-order valence-corrected chi connectivity index (χ2v) is 4.77. The molecule has 0 unspecified atom stereocenters. The third kappa shape index (κ3) is 2.84. The quantitative estimate of drug-likeness (QED) is 0.584. The molecule has 1 aromatic heterocycles. The van der Waals surface area contributed by atoms with Crippen LogP contribution >= 0.6 is 0 Å². The van der Waals surface area contributed by atoms with E-state index in [1.54, 1.807) is 12.5 Å². The Bertz CT molecular complexity index is 614. The van der Waals surface area contributed by atoms with Crippen molar-refractivity contribution in [1.82, 2.24) is 0 Å². The lowest BCUT2D eigenvalue weighted by Crippen LogP contribution is -2.10. The SMILES string of the molecule is CC=C(c1cccc(-c2ccoc2)c1)[N+](C)=C(C)C. The number of rotatable bonds is 3. The minimum absolute atomic E-state index is 1.11. The van der Waals surface area contributed by atoms with Gasteiger partial charge in [-0.2, -0.15) is 0 Å². The summed E-state index contributed by atoms with van der Waals surface area (Å²) in [4.78, 5) is 0. The fourth-order valence-electron chi connectivity index (χ4n) is 2.08. The highest BCUT2D eigenvalue weighted by molar-refractivity contribution is 5.78. The number of nitrogens with zero attached hydrogens (tertiary/aromatic N) is 1. The van der Waals surface area contributed by atoms with Crippen LogP contribution in [0.1, 0.15) is 26.3 Å². The Morgan fingerprint density at radius 1 is 1.16 bits per heavy atom. The van der Waals surface area contributed by atoms with E-state index in [1.807, 2.05) is 6.07 Å². The fourth-order valence-corrected chi connectivity index (χ4v) is 2.08. The van der Waals surface area contributed by atoms with Gasteiger partial charge in [0.15, 0.2) is 5.71 Å². The van der Waals surface area contributed by atoms with E-state index in [1.165, 1.54) is 22.5 Å². The highest BCUT2D eigenvalue weighted by Gasteiger charge is 2.12. The van der Waals surface area contributed by atoms with Crippen molar-refractivity contribution in [2.75, 3.05) is 7.05 Å². The molecule has 98 valence electrons. The van der Waals surface area contributed by atoms with Gasteiger partial charge in [-0.15, -0.1) is 0 Å². The van der Waals surface area contributed by atoms with Crippen molar-refractivity contribution in [3.05, 3.63) is 54.5 Å². The Morgan fingerprint density at radius 3 is 2.53 bits per heavy atom. The van der Waals surface area contributed by atoms with Crippen molar-refractivity contribution in [2.24, 2.45) is 0 Å². The molecule has 0 bridgehead atoms. The second kappa shape index (κ2) is 5.70. The molecule has 0 saturated heterocycles. The molecule has 2 aromatic rings. The summed E-state index contributed by atoms with van der Waals surface area (Å²) in [7, 11) is 2.09. The zero-order chi connectivity index (χ0) is 13.8. The summed E-state index contributed by atoms with van der Waals surface area (Å²) < 4.78 is 7.35. The molecular formula is C17H20NO+. The van der Waals surface area contributed by atoms with Crippen molar-refractivity contribution in [3.8, 4) is 11.1 Å². The van der Waals surface area contributed by atoms with Crippen LogP contribution in [0.4, 0.5) is 0 Å². The van der Waals surface area contributed by atoms with Crippen LogP contribution < -0.4 is 0 Å². The molecule has 0 fully saturated rings. The molecule has 0 aliphatic rings. The molecule has 0 amide bonds. The monoisotopic (exact) mass is 254 g/mol. The number of hydrogen-bond acceptors (Lipinski definition) is 1. The summed E-state index contributed by atoms with van der Waals surface area (Å²) in [5, 5.41) is 0. The number of benzene rings is 1. The second-order valence-electron chi connectivity index (χ2n) is 4.77. The lowest BCUT2D eigenvalue weighted by molar-refractivity contribution is -0.396. The van der Waals surface area contributed by atoms with Crippen LogP contribution in [0.15, 0.2) is 53.4 Å². The van der Waals surface area contributed by atoms with E-state index in [-0.39, 0.29) is 0 Å². The lowest BCUT2D eigenvalue weighted by atomic mass is 10.0. The Balaban J connectivity index is 2.47. The van der Waals surface area contributed by atoms with Crippen LogP contribution in [0.5, 0.6) is 0 Å². The zero-order valence-corrected chi connectivity index (χ0v) is 12.0. The summed E-state index contributed by atoms with van der Waals surface area (Å²) in [6.45, 7) is 6.30. The summed E-state index contributed by atoms with van der Waals surface area (Å²) in [5.74, 6) is 0. The normalized spacial score (nSPS) is 11.5. The fraction of sp³-hybridized carbons (Fsp3) is 0.235. The molecule has 0 radical (unpaired) electrons. The number of allylic oxidation sites excluding steroid dienone is 1. The van der Waals surface area contributed by atoms with Gasteiger partial charge in [0.2, 0.25) is 5.70 Å². The predicted molar refractivity (Wildman–Crippen MR) is 80.3 cm³/mol. The molecule has 1 heterocycles. The summed E-state index contributed by atoms with van der Waals surface area (Å²) >= 11 is 0. The maximum atomic E-state index is 5.15. The average Bonchev–Trinajstić information content (AvgIpc) is 2.93. The van der Waals surface area contributed by atoms with Gasteiger partial charge in [-0.25, -0.2) is 4.58 Å². The predicted octanol–water partition coefficient (Wildman–Crippen LogP) is 4.43. The Labute approximate surface area is 114 Å². The Morgan fingerprint density at radius 2 is 1.95 bits per heavy atom. The third-order valence-corrected chi connectivity index (χ3v) is 3.32. The molecule has 0 aliphatic heterocycles. The molecule has 0 aliphatic carbocycles. The zero-order valence-electron chi connectivity index (χ0n) is 12.0. The van der Waals surface area contributed by atoms with Gasteiger partial charge in [0.1, 0.15) is 7.05 Å². The van der Waals surface area contributed by atoms with Crippen LogP contribution in [0, 0.1) is 0 Å².